The van der Waals surface area contributed by atoms with E-state index in [0.29, 0.717) is 12.0 Å². The summed E-state index contributed by atoms with van der Waals surface area (Å²) in [6.45, 7) is 8.51. The van der Waals surface area contributed by atoms with Crippen LogP contribution in [0.15, 0.2) is 0 Å². The van der Waals surface area contributed by atoms with Crippen LogP contribution in [-0.2, 0) is 4.79 Å². The molecule has 0 aliphatic carbocycles. The summed E-state index contributed by atoms with van der Waals surface area (Å²) in [6.07, 6.45) is 0.937. The Balaban J connectivity index is 2.45. The van der Waals surface area contributed by atoms with Crippen molar-refractivity contribution in [2.24, 2.45) is 17.6 Å². The van der Waals surface area contributed by atoms with Gasteiger partial charge in [-0.05, 0) is 25.8 Å². The summed E-state index contributed by atoms with van der Waals surface area (Å²) in [4.78, 5) is 13.3. The fraction of sp³-hybridized carbons (Fsp3) is 0.900. The third kappa shape index (κ3) is 2.44. The normalized spacial score (nSPS) is 26.6. The van der Waals surface area contributed by atoms with Crippen LogP contribution in [0.3, 0.4) is 0 Å². The first-order chi connectivity index (χ1) is 6.02. The highest BCUT2D eigenvalue weighted by Gasteiger charge is 2.30. The summed E-state index contributed by atoms with van der Waals surface area (Å²) in [5.41, 5.74) is 5.27. The van der Waals surface area contributed by atoms with Crippen molar-refractivity contribution >= 4 is 5.91 Å². The molecule has 0 aromatic carbocycles. The number of primary amides is 1. The van der Waals surface area contributed by atoms with Gasteiger partial charge in [-0.2, -0.15) is 0 Å². The van der Waals surface area contributed by atoms with Gasteiger partial charge in [0.05, 0.1) is 5.92 Å². The van der Waals surface area contributed by atoms with Crippen molar-refractivity contribution in [3.63, 3.8) is 0 Å². The molecular weight excluding hydrogens is 164 g/mol. The molecule has 1 aliphatic rings. The lowest BCUT2D eigenvalue weighted by Gasteiger charge is -2.27. The summed E-state index contributed by atoms with van der Waals surface area (Å²) in [6, 6.07) is 0.560. The van der Waals surface area contributed by atoms with E-state index in [4.69, 9.17) is 5.73 Å². The number of hydrogen-bond donors (Lipinski definition) is 1. The van der Waals surface area contributed by atoms with Crippen molar-refractivity contribution in [1.82, 2.24) is 4.90 Å². The molecule has 76 valence electrons. The Morgan fingerprint density at radius 1 is 1.46 bits per heavy atom. The fourth-order valence-corrected chi connectivity index (χ4v) is 1.81. The number of nitrogens with zero attached hydrogens (tertiary/aromatic N) is 1. The van der Waals surface area contributed by atoms with E-state index in [1.165, 1.54) is 0 Å². The van der Waals surface area contributed by atoms with Gasteiger partial charge in [0.2, 0.25) is 5.91 Å². The van der Waals surface area contributed by atoms with Crippen LogP contribution in [-0.4, -0.2) is 29.9 Å². The monoisotopic (exact) mass is 184 g/mol. The maximum absolute atomic E-state index is 10.9. The Kier molecular flexibility index (Phi) is 3.31. The van der Waals surface area contributed by atoms with Crippen LogP contribution in [0.1, 0.15) is 27.2 Å². The van der Waals surface area contributed by atoms with Crippen molar-refractivity contribution in [2.45, 2.75) is 33.2 Å². The second kappa shape index (κ2) is 4.09. The zero-order valence-corrected chi connectivity index (χ0v) is 8.79. The molecule has 1 heterocycles. The molecule has 0 radical (unpaired) electrons. The zero-order chi connectivity index (χ0) is 10.0. The standard InChI is InChI=1S/C10H20N2O/c1-7(2)8(3)12-5-4-9(6-12)10(11)13/h7-9H,4-6H2,1-3H3,(H2,11,13). The molecular formula is C10H20N2O. The van der Waals surface area contributed by atoms with Crippen molar-refractivity contribution in [1.29, 1.82) is 0 Å². The smallest absolute Gasteiger partial charge is 0.221 e. The van der Waals surface area contributed by atoms with Crippen LogP contribution in [0.4, 0.5) is 0 Å². The van der Waals surface area contributed by atoms with Crippen LogP contribution in [0.5, 0.6) is 0 Å². The molecule has 2 atom stereocenters. The maximum atomic E-state index is 10.9. The average molecular weight is 184 g/mol. The summed E-state index contributed by atoms with van der Waals surface area (Å²) < 4.78 is 0. The van der Waals surface area contributed by atoms with E-state index in [1.54, 1.807) is 0 Å². The molecule has 1 fully saturated rings. The molecule has 0 spiro atoms. The van der Waals surface area contributed by atoms with Gasteiger partial charge >= 0.3 is 0 Å². The number of amides is 1. The molecule has 0 bridgehead atoms. The summed E-state index contributed by atoms with van der Waals surface area (Å²) in [5.74, 6) is 0.589. The molecule has 0 saturated carbocycles. The second-order valence-electron chi connectivity index (χ2n) is 4.37. The summed E-state index contributed by atoms with van der Waals surface area (Å²) in [5, 5.41) is 0. The van der Waals surface area contributed by atoms with Crippen molar-refractivity contribution in [2.75, 3.05) is 13.1 Å². The lowest BCUT2D eigenvalue weighted by molar-refractivity contribution is -0.121. The Morgan fingerprint density at radius 2 is 2.08 bits per heavy atom. The van der Waals surface area contributed by atoms with Gasteiger partial charge in [-0.15, -0.1) is 0 Å². The Hall–Kier alpha value is -0.570. The summed E-state index contributed by atoms with van der Waals surface area (Å²) in [7, 11) is 0. The molecule has 3 heteroatoms. The predicted molar refractivity (Wildman–Crippen MR) is 53.2 cm³/mol. The minimum Gasteiger partial charge on any atom is -0.369 e. The van der Waals surface area contributed by atoms with Crippen molar-refractivity contribution in [3.8, 4) is 0 Å². The van der Waals surface area contributed by atoms with Gasteiger partial charge in [0.15, 0.2) is 0 Å². The fourth-order valence-electron chi connectivity index (χ4n) is 1.81. The highest BCUT2D eigenvalue weighted by atomic mass is 16.1. The molecule has 2 unspecified atom stereocenters. The van der Waals surface area contributed by atoms with Gasteiger partial charge in [0.25, 0.3) is 0 Å². The predicted octanol–water partition coefficient (Wildman–Crippen LogP) is 0.838. The Labute approximate surface area is 80.3 Å². The largest absolute Gasteiger partial charge is 0.369 e. The molecule has 1 amide bonds. The van der Waals surface area contributed by atoms with E-state index in [2.05, 4.69) is 25.7 Å². The third-order valence-electron chi connectivity index (χ3n) is 3.16. The second-order valence-corrected chi connectivity index (χ2v) is 4.37. The molecule has 0 aromatic heterocycles. The number of carbonyl (C=O) groups excluding carboxylic acids is 1. The lowest BCUT2D eigenvalue weighted by Crippen LogP contribution is -2.36. The SMILES string of the molecule is CC(C)C(C)N1CCC(C(N)=O)C1. The van der Waals surface area contributed by atoms with Gasteiger partial charge < -0.3 is 5.73 Å². The molecule has 1 rings (SSSR count). The van der Waals surface area contributed by atoms with Crippen molar-refractivity contribution < 1.29 is 4.79 Å². The molecule has 1 saturated heterocycles. The van der Waals surface area contributed by atoms with Gasteiger partial charge in [-0.3, -0.25) is 9.69 Å². The highest BCUT2D eigenvalue weighted by molar-refractivity contribution is 5.77. The van der Waals surface area contributed by atoms with Crippen LogP contribution in [0, 0.1) is 11.8 Å². The quantitative estimate of drug-likeness (QED) is 0.706. The highest BCUT2D eigenvalue weighted by Crippen LogP contribution is 2.21. The number of hydrogen-bond acceptors (Lipinski definition) is 2. The van der Waals surface area contributed by atoms with E-state index < -0.39 is 0 Å². The zero-order valence-electron chi connectivity index (χ0n) is 8.79. The first kappa shape index (κ1) is 10.5. The van der Waals surface area contributed by atoms with E-state index in [0.717, 1.165) is 19.5 Å². The van der Waals surface area contributed by atoms with Gasteiger partial charge in [0.1, 0.15) is 0 Å². The van der Waals surface area contributed by atoms with E-state index in [-0.39, 0.29) is 11.8 Å². The minimum absolute atomic E-state index is 0.0844. The average Bonchev–Trinajstić information content (AvgIpc) is 2.50. The van der Waals surface area contributed by atoms with Gasteiger partial charge in [-0.25, -0.2) is 0 Å². The lowest BCUT2D eigenvalue weighted by atomic mass is 10.1. The number of nitrogens with two attached hydrogens (primary N) is 1. The number of carbonyl (C=O) groups is 1. The molecule has 1 aliphatic heterocycles. The van der Waals surface area contributed by atoms with Crippen LogP contribution >= 0.6 is 0 Å². The van der Waals surface area contributed by atoms with Crippen molar-refractivity contribution in [3.05, 3.63) is 0 Å². The van der Waals surface area contributed by atoms with E-state index >= 15 is 0 Å². The number of rotatable bonds is 3. The first-order valence-corrected chi connectivity index (χ1v) is 5.05. The number of likely N-dealkylation sites (tertiary alicyclic amines) is 1. The molecule has 13 heavy (non-hydrogen) atoms. The summed E-state index contributed by atoms with van der Waals surface area (Å²) >= 11 is 0. The molecule has 2 N–H and O–H groups in total. The molecule has 3 nitrogen and oxygen atoms in total. The van der Waals surface area contributed by atoms with E-state index in [1.807, 2.05) is 0 Å². The van der Waals surface area contributed by atoms with Crippen LogP contribution in [0.2, 0.25) is 0 Å². The van der Waals surface area contributed by atoms with E-state index in [9.17, 15) is 4.79 Å². The molecule has 0 aromatic rings. The van der Waals surface area contributed by atoms with Gasteiger partial charge in [0, 0.05) is 12.6 Å². The first-order valence-electron chi connectivity index (χ1n) is 5.05. The third-order valence-corrected chi connectivity index (χ3v) is 3.16. The van der Waals surface area contributed by atoms with Crippen LogP contribution in [0.25, 0.3) is 0 Å². The Bertz CT molecular complexity index is 191. The van der Waals surface area contributed by atoms with Gasteiger partial charge in [-0.1, -0.05) is 13.8 Å². The Morgan fingerprint density at radius 3 is 2.46 bits per heavy atom. The minimum atomic E-state index is -0.140. The topological polar surface area (TPSA) is 46.3 Å². The maximum Gasteiger partial charge on any atom is 0.221 e. The van der Waals surface area contributed by atoms with Crippen LogP contribution < -0.4 is 5.73 Å².